The minimum atomic E-state index is -3.49. The van der Waals surface area contributed by atoms with E-state index in [0.29, 0.717) is 0 Å². The molecule has 1 aromatic carbocycles. The van der Waals surface area contributed by atoms with Gasteiger partial charge in [0.1, 0.15) is 0 Å². The molecule has 0 atom stereocenters. The summed E-state index contributed by atoms with van der Waals surface area (Å²) in [7, 11) is -3.49. The molecule has 0 aliphatic rings. The Balaban J connectivity index is 3.42. The zero-order valence-electron chi connectivity index (χ0n) is 7.56. The Kier molecular flexibility index (Phi) is 2.90. The van der Waals surface area contributed by atoms with Crippen LogP contribution >= 0.6 is 0 Å². The van der Waals surface area contributed by atoms with Crippen molar-refractivity contribution in [2.75, 3.05) is 5.75 Å². The van der Waals surface area contributed by atoms with Crippen LogP contribution in [-0.4, -0.2) is 20.1 Å². The van der Waals surface area contributed by atoms with E-state index in [1.807, 2.05) is 0 Å². The number of carbonyl (C=O) groups excluding carboxylic acids is 1. The molecule has 5 heteroatoms. The molecule has 0 spiro atoms. The Morgan fingerprint density at radius 3 is 2.43 bits per heavy atom. The molecule has 0 saturated carbocycles. The Hall–Kier alpha value is -1.36. The van der Waals surface area contributed by atoms with Gasteiger partial charge in [-0.2, -0.15) is 0 Å². The molecule has 1 rings (SSSR count). The maximum absolute atomic E-state index is 11.4. The summed E-state index contributed by atoms with van der Waals surface area (Å²) in [6.07, 6.45) is 0. The van der Waals surface area contributed by atoms with E-state index in [9.17, 15) is 18.3 Å². The molecule has 0 fully saturated rings. The van der Waals surface area contributed by atoms with E-state index in [0.717, 1.165) is 0 Å². The second-order valence-electron chi connectivity index (χ2n) is 2.69. The van der Waals surface area contributed by atoms with Crippen molar-refractivity contribution in [2.24, 2.45) is 0 Å². The average Bonchev–Trinajstić information content (AvgIpc) is 2.18. The lowest BCUT2D eigenvalue weighted by molar-refractivity contribution is -0.255. The number of carboxylic acid groups (broad SMARTS) is 1. The molecule has 0 amide bonds. The van der Waals surface area contributed by atoms with Crippen molar-refractivity contribution in [1.29, 1.82) is 0 Å². The maximum atomic E-state index is 11.4. The topological polar surface area (TPSA) is 74.3 Å². The van der Waals surface area contributed by atoms with Crippen molar-refractivity contribution in [3.8, 4) is 0 Å². The van der Waals surface area contributed by atoms with Crippen LogP contribution in [0.25, 0.3) is 0 Å². The van der Waals surface area contributed by atoms with Crippen molar-refractivity contribution in [3.05, 3.63) is 29.8 Å². The highest BCUT2D eigenvalue weighted by molar-refractivity contribution is 7.91. The smallest absolute Gasteiger partial charge is 0.178 e. The quantitative estimate of drug-likeness (QED) is 0.699. The van der Waals surface area contributed by atoms with Crippen LogP contribution in [-0.2, 0) is 9.84 Å². The Labute approximate surface area is 82.1 Å². The van der Waals surface area contributed by atoms with Gasteiger partial charge in [0.15, 0.2) is 9.84 Å². The van der Waals surface area contributed by atoms with E-state index in [1.165, 1.54) is 31.2 Å². The van der Waals surface area contributed by atoms with Gasteiger partial charge < -0.3 is 9.90 Å². The summed E-state index contributed by atoms with van der Waals surface area (Å²) in [5.41, 5.74) is -0.283. The van der Waals surface area contributed by atoms with Crippen LogP contribution in [0.5, 0.6) is 0 Å². The molecule has 0 radical (unpaired) electrons. The number of aromatic carboxylic acids is 1. The van der Waals surface area contributed by atoms with E-state index >= 15 is 0 Å². The van der Waals surface area contributed by atoms with Gasteiger partial charge in [-0.1, -0.05) is 25.1 Å². The molecule has 0 aliphatic heterocycles. The molecule has 0 saturated heterocycles. The minimum absolute atomic E-state index is 0.128. The van der Waals surface area contributed by atoms with Gasteiger partial charge in [0.2, 0.25) is 0 Å². The highest BCUT2D eigenvalue weighted by Crippen LogP contribution is 2.15. The molecular weight excluding hydrogens is 204 g/mol. The lowest BCUT2D eigenvalue weighted by atomic mass is 10.2. The van der Waals surface area contributed by atoms with E-state index < -0.39 is 15.8 Å². The third kappa shape index (κ3) is 1.93. The summed E-state index contributed by atoms with van der Waals surface area (Å²) in [5.74, 6) is -1.60. The van der Waals surface area contributed by atoms with Gasteiger partial charge in [0, 0.05) is 5.56 Å². The average molecular weight is 213 g/mol. The number of sulfone groups is 1. The predicted octanol–water partition coefficient (Wildman–Crippen LogP) is -0.156. The van der Waals surface area contributed by atoms with E-state index in [2.05, 4.69) is 0 Å². The first-order chi connectivity index (χ1) is 6.49. The molecule has 76 valence electrons. The lowest BCUT2D eigenvalue weighted by Crippen LogP contribution is -2.25. The molecule has 0 heterocycles. The molecule has 14 heavy (non-hydrogen) atoms. The number of carboxylic acids is 1. The monoisotopic (exact) mass is 213 g/mol. The molecular formula is C9H9O4S-. The number of benzene rings is 1. The first-order valence-electron chi connectivity index (χ1n) is 4.02. The van der Waals surface area contributed by atoms with Crippen molar-refractivity contribution in [3.63, 3.8) is 0 Å². The SMILES string of the molecule is CCS(=O)(=O)c1ccccc1C(=O)[O-]. The lowest BCUT2D eigenvalue weighted by Gasteiger charge is -2.09. The number of hydrogen-bond acceptors (Lipinski definition) is 4. The first-order valence-corrected chi connectivity index (χ1v) is 5.67. The summed E-state index contributed by atoms with van der Waals surface area (Å²) in [4.78, 5) is 10.4. The van der Waals surface area contributed by atoms with Crippen molar-refractivity contribution < 1.29 is 18.3 Å². The molecule has 4 nitrogen and oxygen atoms in total. The largest absolute Gasteiger partial charge is 0.545 e. The molecule has 0 bridgehead atoms. The fourth-order valence-electron chi connectivity index (χ4n) is 1.06. The fraction of sp³-hybridized carbons (Fsp3) is 0.222. The number of hydrogen-bond donors (Lipinski definition) is 0. The van der Waals surface area contributed by atoms with Crippen LogP contribution in [0, 0.1) is 0 Å². The normalized spacial score (nSPS) is 11.2. The molecule has 0 N–H and O–H groups in total. The van der Waals surface area contributed by atoms with Gasteiger partial charge in [-0.15, -0.1) is 0 Å². The highest BCUT2D eigenvalue weighted by Gasteiger charge is 2.15. The molecule has 0 unspecified atom stereocenters. The molecule has 0 aromatic heterocycles. The zero-order chi connectivity index (χ0) is 10.8. The van der Waals surface area contributed by atoms with E-state index in [1.54, 1.807) is 0 Å². The van der Waals surface area contributed by atoms with Crippen LogP contribution in [0.3, 0.4) is 0 Å². The molecule has 1 aromatic rings. The summed E-state index contributed by atoms with van der Waals surface area (Å²) < 4.78 is 22.9. The van der Waals surface area contributed by atoms with Crippen LogP contribution in [0.4, 0.5) is 0 Å². The Morgan fingerprint density at radius 2 is 1.93 bits per heavy atom. The molecule has 0 aliphatic carbocycles. The standard InChI is InChI=1S/C9H10O4S/c1-2-14(12,13)8-6-4-3-5-7(8)9(10)11/h3-6H,2H2,1H3,(H,10,11)/p-1. The van der Waals surface area contributed by atoms with Crippen LogP contribution in [0.15, 0.2) is 29.2 Å². The van der Waals surface area contributed by atoms with Gasteiger partial charge in [-0.3, -0.25) is 0 Å². The van der Waals surface area contributed by atoms with Gasteiger partial charge in [-0.25, -0.2) is 8.42 Å². The van der Waals surface area contributed by atoms with Crippen LogP contribution < -0.4 is 5.11 Å². The number of carbonyl (C=O) groups is 1. The predicted molar refractivity (Wildman–Crippen MR) is 48.5 cm³/mol. The van der Waals surface area contributed by atoms with Crippen molar-refractivity contribution >= 4 is 15.8 Å². The van der Waals surface area contributed by atoms with Crippen LogP contribution in [0.2, 0.25) is 0 Å². The number of rotatable bonds is 3. The van der Waals surface area contributed by atoms with E-state index in [-0.39, 0.29) is 16.2 Å². The fourth-order valence-corrected chi connectivity index (χ4v) is 2.15. The van der Waals surface area contributed by atoms with Gasteiger partial charge in [-0.05, 0) is 6.07 Å². The van der Waals surface area contributed by atoms with Crippen molar-refractivity contribution in [1.82, 2.24) is 0 Å². The van der Waals surface area contributed by atoms with Crippen LogP contribution in [0.1, 0.15) is 17.3 Å². The second kappa shape index (κ2) is 3.79. The second-order valence-corrected chi connectivity index (χ2v) is 4.93. The summed E-state index contributed by atoms with van der Waals surface area (Å²) in [5, 5.41) is 10.6. The van der Waals surface area contributed by atoms with Crippen molar-refractivity contribution in [2.45, 2.75) is 11.8 Å². The van der Waals surface area contributed by atoms with E-state index in [4.69, 9.17) is 0 Å². The summed E-state index contributed by atoms with van der Waals surface area (Å²) in [6, 6.07) is 5.43. The summed E-state index contributed by atoms with van der Waals surface area (Å²) >= 11 is 0. The van der Waals surface area contributed by atoms with Gasteiger partial charge in [0.05, 0.1) is 16.6 Å². The zero-order valence-corrected chi connectivity index (χ0v) is 8.37. The minimum Gasteiger partial charge on any atom is -0.545 e. The third-order valence-corrected chi connectivity index (χ3v) is 3.61. The van der Waals surface area contributed by atoms with Gasteiger partial charge in [0.25, 0.3) is 0 Å². The maximum Gasteiger partial charge on any atom is 0.178 e. The Morgan fingerprint density at radius 1 is 1.36 bits per heavy atom. The third-order valence-electron chi connectivity index (χ3n) is 1.82. The highest BCUT2D eigenvalue weighted by atomic mass is 32.2. The summed E-state index contributed by atoms with van der Waals surface area (Å²) in [6.45, 7) is 1.46. The van der Waals surface area contributed by atoms with Gasteiger partial charge >= 0.3 is 0 Å². The first kappa shape index (κ1) is 10.7. The Bertz CT molecular complexity index is 448.